The molecule has 0 aliphatic carbocycles. The quantitative estimate of drug-likeness (QED) is 0.898. The number of aryl methyl sites for hydroxylation is 1. The minimum Gasteiger partial charge on any atom is -0.351 e. The predicted octanol–water partition coefficient (Wildman–Crippen LogP) is 2.07. The molecule has 1 saturated heterocycles. The summed E-state index contributed by atoms with van der Waals surface area (Å²) in [5.41, 5.74) is 0.893. The SMILES string of the molecule is Cc1cnc(-c2ccnc(NC3CCNCC3)n2)s1. The third-order valence-electron chi connectivity index (χ3n) is 3.17. The molecule has 2 N–H and O–H groups in total. The van der Waals surface area contributed by atoms with Crippen LogP contribution in [0.5, 0.6) is 0 Å². The van der Waals surface area contributed by atoms with Crippen molar-refractivity contribution in [3.63, 3.8) is 0 Å². The Kier molecular flexibility index (Phi) is 3.70. The fourth-order valence-corrected chi connectivity index (χ4v) is 2.90. The molecule has 2 aromatic rings. The van der Waals surface area contributed by atoms with Gasteiger partial charge in [-0.2, -0.15) is 0 Å². The van der Waals surface area contributed by atoms with E-state index in [1.54, 1.807) is 17.5 Å². The molecule has 0 atom stereocenters. The lowest BCUT2D eigenvalue weighted by atomic mass is 10.1. The summed E-state index contributed by atoms with van der Waals surface area (Å²) in [6, 6.07) is 2.38. The van der Waals surface area contributed by atoms with Gasteiger partial charge in [-0.1, -0.05) is 0 Å². The van der Waals surface area contributed by atoms with Crippen molar-refractivity contribution in [2.45, 2.75) is 25.8 Å². The van der Waals surface area contributed by atoms with Gasteiger partial charge in [-0.05, 0) is 38.9 Å². The Morgan fingerprint density at radius 2 is 2.16 bits per heavy atom. The van der Waals surface area contributed by atoms with E-state index in [4.69, 9.17) is 0 Å². The van der Waals surface area contributed by atoms with Gasteiger partial charge in [-0.25, -0.2) is 15.0 Å². The van der Waals surface area contributed by atoms with E-state index in [9.17, 15) is 0 Å². The van der Waals surface area contributed by atoms with Gasteiger partial charge < -0.3 is 10.6 Å². The van der Waals surface area contributed by atoms with Crippen LogP contribution in [0.2, 0.25) is 0 Å². The van der Waals surface area contributed by atoms with E-state index >= 15 is 0 Å². The number of piperidine rings is 1. The molecule has 0 amide bonds. The molecular weight excluding hydrogens is 258 g/mol. The summed E-state index contributed by atoms with van der Waals surface area (Å²) in [6.45, 7) is 4.17. The predicted molar refractivity (Wildman–Crippen MR) is 77.4 cm³/mol. The van der Waals surface area contributed by atoms with Crippen LogP contribution in [0.3, 0.4) is 0 Å². The van der Waals surface area contributed by atoms with Crippen LogP contribution in [-0.2, 0) is 0 Å². The highest BCUT2D eigenvalue weighted by Crippen LogP contribution is 2.23. The number of aromatic nitrogens is 3. The molecule has 100 valence electrons. The zero-order chi connectivity index (χ0) is 13.1. The Balaban J connectivity index is 1.75. The highest BCUT2D eigenvalue weighted by Gasteiger charge is 2.14. The number of thiazole rings is 1. The number of anilines is 1. The minimum atomic E-state index is 0.467. The average Bonchev–Trinajstić information content (AvgIpc) is 2.87. The molecule has 6 heteroatoms. The number of hydrogen-bond donors (Lipinski definition) is 2. The third-order valence-corrected chi connectivity index (χ3v) is 4.10. The molecule has 1 aliphatic heterocycles. The van der Waals surface area contributed by atoms with Crippen LogP contribution >= 0.6 is 11.3 Å². The van der Waals surface area contributed by atoms with Crippen LogP contribution in [0.1, 0.15) is 17.7 Å². The summed E-state index contributed by atoms with van der Waals surface area (Å²) < 4.78 is 0. The van der Waals surface area contributed by atoms with Crippen LogP contribution in [0, 0.1) is 6.92 Å². The van der Waals surface area contributed by atoms with Crippen molar-refractivity contribution in [1.29, 1.82) is 0 Å². The first-order chi connectivity index (χ1) is 9.31. The van der Waals surface area contributed by atoms with Crippen LogP contribution in [0.4, 0.5) is 5.95 Å². The van der Waals surface area contributed by atoms with Crippen LogP contribution in [-0.4, -0.2) is 34.1 Å². The van der Waals surface area contributed by atoms with Gasteiger partial charge in [0.25, 0.3) is 0 Å². The first-order valence-electron chi connectivity index (χ1n) is 6.54. The summed E-state index contributed by atoms with van der Waals surface area (Å²) in [4.78, 5) is 14.4. The molecule has 0 spiro atoms. The van der Waals surface area contributed by atoms with Crippen LogP contribution < -0.4 is 10.6 Å². The fourth-order valence-electron chi connectivity index (χ4n) is 2.17. The van der Waals surface area contributed by atoms with Gasteiger partial charge in [0.2, 0.25) is 5.95 Å². The first-order valence-corrected chi connectivity index (χ1v) is 7.36. The highest BCUT2D eigenvalue weighted by atomic mass is 32.1. The topological polar surface area (TPSA) is 62.7 Å². The number of nitrogens with one attached hydrogen (secondary N) is 2. The van der Waals surface area contributed by atoms with Crippen LogP contribution in [0.25, 0.3) is 10.7 Å². The smallest absolute Gasteiger partial charge is 0.223 e. The van der Waals surface area contributed by atoms with Crippen molar-refractivity contribution < 1.29 is 0 Å². The molecule has 0 bridgehead atoms. The molecule has 3 rings (SSSR count). The van der Waals surface area contributed by atoms with Crippen LogP contribution in [0.15, 0.2) is 18.5 Å². The van der Waals surface area contributed by atoms with E-state index in [0.717, 1.165) is 36.6 Å². The molecule has 1 fully saturated rings. The van der Waals surface area contributed by atoms with Gasteiger partial charge in [0, 0.05) is 23.3 Å². The molecule has 1 aliphatic rings. The van der Waals surface area contributed by atoms with E-state index in [1.165, 1.54) is 4.88 Å². The van der Waals surface area contributed by atoms with E-state index in [1.807, 2.05) is 12.3 Å². The van der Waals surface area contributed by atoms with Crippen molar-refractivity contribution in [1.82, 2.24) is 20.3 Å². The summed E-state index contributed by atoms with van der Waals surface area (Å²) in [5.74, 6) is 0.706. The minimum absolute atomic E-state index is 0.467. The Morgan fingerprint density at radius 3 is 2.89 bits per heavy atom. The van der Waals surface area contributed by atoms with Crippen molar-refractivity contribution >= 4 is 17.3 Å². The molecule has 0 radical (unpaired) electrons. The molecular formula is C13H17N5S. The summed E-state index contributed by atoms with van der Waals surface area (Å²) in [5, 5.41) is 7.72. The molecule has 19 heavy (non-hydrogen) atoms. The summed E-state index contributed by atoms with van der Waals surface area (Å²) >= 11 is 1.66. The van der Waals surface area contributed by atoms with Crippen molar-refractivity contribution in [2.24, 2.45) is 0 Å². The van der Waals surface area contributed by atoms with E-state index < -0.39 is 0 Å². The van der Waals surface area contributed by atoms with Crippen molar-refractivity contribution in [3.8, 4) is 10.7 Å². The second-order valence-corrected chi connectivity index (χ2v) is 5.94. The van der Waals surface area contributed by atoms with Crippen molar-refractivity contribution in [3.05, 3.63) is 23.3 Å². The van der Waals surface area contributed by atoms with Gasteiger partial charge in [0.15, 0.2) is 0 Å². The number of rotatable bonds is 3. The van der Waals surface area contributed by atoms with Gasteiger partial charge in [-0.15, -0.1) is 11.3 Å². The lowest BCUT2D eigenvalue weighted by molar-refractivity contribution is 0.477. The monoisotopic (exact) mass is 275 g/mol. The zero-order valence-electron chi connectivity index (χ0n) is 10.9. The zero-order valence-corrected chi connectivity index (χ0v) is 11.7. The highest BCUT2D eigenvalue weighted by molar-refractivity contribution is 7.14. The number of hydrogen-bond acceptors (Lipinski definition) is 6. The lowest BCUT2D eigenvalue weighted by Crippen LogP contribution is -2.35. The standard InChI is InChI=1S/C13H17N5S/c1-9-8-16-12(19-9)11-4-7-15-13(18-11)17-10-2-5-14-6-3-10/h4,7-8,10,14H,2-3,5-6H2,1H3,(H,15,17,18). The molecule has 3 heterocycles. The average molecular weight is 275 g/mol. The molecule has 0 aromatic carbocycles. The Morgan fingerprint density at radius 1 is 1.32 bits per heavy atom. The van der Waals surface area contributed by atoms with E-state index in [0.29, 0.717) is 12.0 Å². The van der Waals surface area contributed by atoms with Gasteiger partial charge in [0.05, 0.1) is 0 Å². The number of nitrogens with zero attached hydrogens (tertiary/aromatic N) is 3. The maximum atomic E-state index is 4.56. The Bertz CT molecular complexity index is 547. The normalized spacial score (nSPS) is 16.5. The van der Waals surface area contributed by atoms with Gasteiger partial charge >= 0.3 is 0 Å². The molecule has 0 saturated carbocycles. The van der Waals surface area contributed by atoms with E-state index in [2.05, 4.69) is 32.5 Å². The van der Waals surface area contributed by atoms with Gasteiger partial charge in [0.1, 0.15) is 10.7 Å². The molecule has 0 unspecified atom stereocenters. The summed E-state index contributed by atoms with van der Waals surface area (Å²) in [7, 11) is 0. The second-order valence-electron chi connectivity index (χ2n) is 4.71. The van der Waals surface area contributed by atoms with Gasteiger partial charge in [-0.3, -0.25) is 0 Å². The van der Waals surface area contributed by atoms with Crippen molar-refractivity contribution in [2.75, 3.05) is 18.4 Å². The third kappa shape index (κ3) is 3.08. The molecule has 2 aromatic heterocycles. The Hall–Kier alpha value is -1.53. The summed E-state index contributed by atoms with van der Waals surface area (Å²) in [6.07, 6.45) is 5.90. The largest absolute Gasteiger partial charge is 0.351 e. The second kappa shape index (κ2) is 5.63. The molecule has 5 nitrogen and oxygen atoms in total. The maximum absolute atomic E-state index is 4.56. The maximum Gasteiger partial charge on any atom is 0.223 e. The fraction of sp³-hybridized carbons (Fsp3) is 0.462. The van der Waals surface area contributed by atoms with E-state index in [-0.39, 0.29) is 0 Å². The Labute approximate surface area is 116 Å². The first kappa shape index (κ1) is 12.5. The lowest BCUT2D eigenvalue weighted by Gasteiger charge is -2.23.